The Bertz CT molecular complexity index is 2190. The molecule has 1 aliphatic heterocycles. The fraction of sp³-hybridized carbons (Fsp3) is 0.386. The van der Waals surface area contributed by atoms with E-state index in [0.29, 0.717) is 30.6 Å². The summed E-state index contributed by atoms with van der Waals surface area (Å²) >= 11 is 0. The summed E-state index contributed by atoms with van der Waals surface area (Å²) in [5, 5.41) is 5.89. The van der Waals surface area contributed by atoms with Crippen molar-refractivity contribution in [2.45, 2.75) is 70.5 Å². The van der Waals surface area contributed by atoms with E-state index in [0.717, 1.165) is 83.0 Å². The summed E-state index contributed by atoms with van der Waals surface area (Å²) in [4.78, 5) is 57.5. The van der Waals surface area contributed by atoms with Crippen molar-refractivity contribution in [2.75, 3.05) is 19.4 Å². The van der Waals surface area contributed by atoms with Crippen molar-refractivity contribution in [3.8, 4) is 33.6 Å². The van der Waals surface area contributed by atoms with Crippen LogP contribution in [0.5, 0.6) is 0 Å². The standard InChI is InChI=1S/C44H50N8O4/c1-25(2)39(51-44(55)56-3)43(54)52-19-5-8-36(52)40-46-23-34(49-40)29-13-9-27(10-14-29)28-11-15-30(16-12-28)35-24-47-41(50-35)37-31-17-18-32(21-31)38(37)42(53)48-22-26-6-4-7-33(45)20-26/h4,6-7,9-16,20,23-25,31-32,36-39H,5,8,17-19,21-22,45H2,1-3H3,(H,46,49)(H,47,50)(H,48,53)(H,51,55)/t31?,32?,36-,37?,38?,39-/m0/s1. The average molecular weight is 755 g/mol. The second kappa shape index (κ2) is 15.7. The van der Waals surface area contributed by atoms with Crippen molar-refractivity contribution in [1.29, 1.82) is 0 Å². The Labute approximate surface area is 327 Å². The monoisotopic (exact) mass is 754 g/mol. The van der Waals surface area contributed by atoms with E-state index in [1.165, 1.54) is 7.11 Å². The Kier molecular flexibility index (Phi) is 10.4. The fourth-order valence-corrected chi connectivity index (χ4v) is 9.25. The number of benzene rings is 3. The third-order valence-corrected chi connectivity index (χ3v) is 12.1. The van der Waals surface area contributed by atoms with Crippen LogP contribution in [0.3, 0.4) is 0 Å². The first-order chi connectivity index (χ1) is 27.2. The van der Waals surface area contributed by atoms with Gasteiger partial charge in [0.25, 0.3) is 0 Å². The Morgan fingerprint density at radius 3 is 2.12 bits per heavy atom. The average Bonchev–Trinajstić information content (AvgIpc) is 4.07. The number of carbonyl (C=O) groups excluding carboxylic acids is 3. The van der Waals surface area contributed by atoms with Crippen LogP contribution < -0.4 is 16.4 Å². The van der Waals surface area contributed by atoms with Gasteiger partial charge in [0.1, 0.15) is 17.7 Å². The molecule has 3 amide bonds. The number of fused-ring (bicyclic) bond motifs is 2. The van der Waals surface area contributed by atoms with E-state index >= 15 is 0 Å². The topological polar surface area (TPSA) is 171 Å². The summed E-state index contributed by atoms with van der Waals surface area (Å²) < 4.78 is 4.76. The molecule has 4 unspecified atom stereocenters. The maximum atomic E-state index is 13.6. The van der Waals surface area contributed by atoms with Gasteiger partial charge >= 0.3 is 6.09 Å². The summed E-state index contributed by atoms with van der Waals surface area (Å²) in [6.07, 6.45) is 8.05. The zero-order valence-corrected chi connectivity index (χ0v) is 32.1. The van der Waals surface area contributed by atoms with Gasteiger partial charge in [0.2, 0.25) is 11.8 Å². The van der Waals surface area contributed by atoms with E-state index < -0.39 is 12.1 Å². The summed E-state index contributed by atoms with van der Waals surface area (Å²) in [6.45, 7) is 4.89. The molecule has 8 rings (SSSR count). The molecular formula is C44H50N8O4. The number of nitrogen functional groups attached to an aromatic ring is 1. The minimum atomic E-state index is -0.678. The number of hydrogen-bond acceptors (Lipinski definition) is 7. The Hall–Kier alpha value is -5.91. The van der Waals surface area contributed by atoms with Crippen LogP contribution in [0.2, 0.25) is 0 Å². The first-order valence-corrected chi connectivity index (χ1v) is 19.7. The first-order valence-electron chi connectivity index (χ1n) is 19.7. The first kappa shape index (κ1) is 37.0. The van der Waals surface area contributed by atoms with E-state index in [1.54, 1.807) is 0 Å². The number of methoxy groups -OCH3 is 1. The van der Waals surface area contributed by atoms with Gasteiger partial charge in [-0.05, 0) is 89.8 Å². The van der Waals surface area contributed by atoms with Gasteiger partial charge in [0.15, 0.2) is 0 Å². The SMILES string of the molecule is COC(=O)N[C@H](C(=O)N1CCC[C@H]1c1ncc(-c2ccc(-c3ccc(-c4cnc(C5C6CCC(C6)C5C(=O)NCc5cccc(N)c5)[nH]4)cc3)cc2)[nH]1)C(C)C. The highest BCUT2D eigenvalue weighted by atomic mass is 16.5. The smallest absolute Gasteiger partial charge is 0.407 e. The predicted octanol–water partition coefficient (Wildman–Crippen LogP) is 7.21. The molecule has 3 aromatic carbocycles. The molecule has 56 heavy (non-hydrogen) atoms. The molecule has 2 saturated carbocycles. The van der Waals surface area contributed by atoms with E-state index in [9.17, 15) is 14.4 Å². The van der Waals surface area contributed by atoms with E-state index in [4.69, 9.17) is 15.5 Å². The lowest BCUT2D eigenvalue weighted by Gasteiger charge is -2.30. The molecule has 12 heteroatoms. The maximum Gasteiger partial charge on any atom is 0.407 e. The van der Waals surface area contributed by atoms with Gasteiger partial charge in [-0.1, -0.05) is 74.5 Å². The number of aromatic amines is 2. The number of carbonyl (C=O) groups is 3. The number of nitrogens with one attached hydrogen (secondary N) is 4. The lowest BCUT2D eigenvalue weighted by atomic mass is 9.78. The number of H-pyrrole nitrogens is 2. The molecule has 2 aliphatic carbocycles. The molecule has 1 saturated heterocycles. The van der Waals surface area contributed by atoms with Crippen LogP contribution >= 0.6 is 0 Å². The molecule has 3 heterocycles. The summed E-state index contributed by atoms with van der Waals surface area (Å²) in [6, 6.07) is 23.6. The van der Waals surface area contributed by atoms with Crippen LogP contribution in [-0.4, -0.2) is 62.4 Å². The minimum absolute atomic E-state index is 0.0826. The molecule has 0 spiro atoms. The van der Waals surface area contributed by atoms with Crippen molar-refractivity contribution >= 4 is 23.6 Å². The molecule has 0 radical (unpaired) electrons. The summed E-state index contributed by atoms with van der Waals surface area (Å²) in [5.74, 6) is 2.35. The van der Waals surface area contributed by atoms with E-state index in [-0.39, 0.29) is 35.6 Å². The lowest BCUT2D eigenvalue weighted by Crippen LogP contribution is -2.51. The quantitative estimate of drug-likeness (QED) is 0.0888. The van der Waals surface area contributed by atoms with Crippen LogP contribution in [-0.2, 0) is 20.9 Å². The van der Waals surface area contributed by atoms with Crippen molar-refractivity contribution in [3.63, 3.8) is 0 Å². The molecule has 290 valence electrons. The molecule has 6 N–H and O–H groups in total. The van der Waals surface area contributed by atoms with Gasteiger partial charge in [-0.15, -0.1) is 0 Å². The second-order valence-corrected chi connectivity index (χ2v) is 15.9. The number of alkyl carbamates (subject to hydrolysis) is 1. The molecule has 3 fully saturated rings. The normalized spacial score (nSPS) is 22.0. The summed E-state index contributed by atoms with van der Waals surface area (Å²) in [5.41, 5.74) is 13.7. The zero-order chi connectivity index (χ0) is 38.9. The molecule has 2 bridgehead atoms. The van der Waals surface area contributed by atoms with Crippen molar-refractivity contribution < 1.29 is 19.1 Å². The molecular weight excluding hydrogens is 705 g/mol. The molecule has 5 aromatic rings. The fourth-order valence-electron chi connectivity index (χ4n) is 9.25. The largest absolute Gasteiger partial charge is 0.453 e. The number of ether oxygens (including phenoxy) is 1. The van der Waals surface area contributed by atoms with Crippen LogP contribution in [0, 0.1) is 23.7 Å². The molecule has 2 aromatic heterocycles. The molecule has 6 atom stereocenters. The van der Waals surface area contributed by atoms with Crippen molar-refractivity contribution in [2.24, 2.45) is 23.7 Å². The van der Waals surface area contributed by atoms with E-state index in [1.807, 2.05) is 55.4 Å². The number of anilines is 1. The van der Waals surface area contributed by atoms with Gasteiger partial charge in [0.05, 0.1) is 42.9 Å². The lowest BCUT2D eigenvalue weighted by molar-refractivity contribution is -0.135. The van der Waals surface area contributed by atoms with Gasteiger partial charge < -0.3 is 36.0 Å². The Morgan fingerprint density at radius 1 is 0.857 bits per heavy atom. The Morgan fingerprint density at radius 2 is 1.48 bits per heavy atom. The number of imidazole rings is 2. The second-order valence-electron chi connectivity index (χ2n) is 15.9. The van der Waals surface area contributed by atoms with Gasteiger partial charge in [-0.3, -0.25) is 9.59 Å². The number of amides is 3. The number of aromatic nitrogens is 4. The maximum absolute atomic E-state index is 13.6. The van der Waals surface area contributed by atoms with Crippen LogP contribution in [0.15, 0.2) is 85.2 Å². The van der Waals surface area contributed by atoms with Gasteiger partial charge in [-0.2, -0.15) is 0 Å². The highest BCUT2D eigenvalue weighted by Gasteiger charge is 2.52. The number of hydrogen-bond donors (Lipinski definition) is 5. The highest BCUT2D eigenvalue weighted by Crippen LogP contribution is 2.56. The van der Waals surface area contributed by atoms with E-state index in [2.05, 4.69) is 74.1 Å². The third kappa shape index (κ3) is 7.39. The van der Waals surface area contributed by atoms with Crippen molar-refractivity contribution in [1.82, 2.24) is 35.5 Å². The number of likely N-dealkylation sites (tertiary alicyclic amines) is 1. The number of nitrogens with zero attached hydrogens (tertiary/aromatic N) is 3. The summed E-state index contributed by atoms with van der Waals surface area (Å²) in [7, 11) is 1.30. The molecule has 3 aliphatic rings. The predicted molar refractivity (Wildman–Crippen MR) is 215 cm³/mol. The minimum Gasteiger partial charge on any atom is -0.453 e. The van der Waals surface area contributed by atoms with Gasteiger partial charge in [0, 0.05) is 24.7 Å². The van der Waals surface area contributed by atoms with Gasteiger partial charge in [-0.25, -0.2) is 14.8 Å². The number of nitrogens with two attached hydrogens (primary N) is 1. The highest BCUT2D eigenvalue weighted by molar-refractivity contribution is 5.86. The zero-order valence-electron chi connectivity index (χ0n) is 32.1. The van der Waals surface area contributed by atoms with Crippen LogP contribution in [0.25, 0.3) is 33.6 Å². The third-order valence-electron chi connectivity index (χ3n) is 12.1. The molecule has 12 nitrogen and oxygen atoms in total. The number of rotatable bonds is 11. The van der Waals surface area contributed by atoms with Crippen LogP contribution in [0.1, 0.15) is 75.1 Å². The van der Waals surface area contributed by atoms with Crippen LogP contribution in [0.4, 0.5) is 10.5 Å². The Balaban J connectivity index is 0.916. The van der Waals surface area contributed by atoms with Crippen molar-refractivity contribution in [3.05, 3.63) is 102 Å².